The fraction of sp³-hybridized carbons (Fsp3) is 0.333. The average Bonchev–Trinajstić information content (AvgIpc) is 1.64. The maximum atomic E-state index is 3.40. The Kier molecular flexibility index (Phi) is 2.20. The van der Waals surface area contributed by atoms with Gasteiger partial charge in [-0.1, -0.05) is 12.2 Å². The maximum Gasteiger partial charge on any atom is 0.0508 e. The van der Waals surface area contributed by atoms with Crippen molar-refractivity contribution in [2.75, 3.05) is 0 Å². The molecule has 0 bridgehead atoms. The van der Waals surface area contributed by atoms with Crippen molar-refractivity contribution in [2.45, 2.75) is 12.2 Å². The van der Waals surface area contributed by atoms with Gasteiger partial charge in [-0.05, 0) is 28.9 Å². The highest BCUT2D eigenvalue weighted by Gasteiger charge is 2.02. The summed E-state index contributed by atoms with van der Waals surface area (Å²) in [6.07, 6.45) is 6.31. The molecule has 0 spiro atoms. The molecule has 1 rings (SSSR count). The van der Waals surface area contributed by atoms with E-state index in [4.69, 9.17) is 0 Å². The minimum Gasteiger partial charge on any atom is -0.111 e. The van der Waals surface area contributed by atoms with Crippen LogP contribution >= 0.6 is 27.7 Å². The largest absolute Gasteiger partial charge is 0.111 e. The predicted molar refractivity (Wildman–Crippen MR) is 43.2 cm³/mol. The molecule has 0 aliphatic carbocycles. The molecular formula is C6H7BrS. The summed E-state index contributed by atoms with van der Waals surface area (Å²) in [6.45, 7) is 2.18. The molecule has 0 N–H and O–H groups in total. The smallest absolute Gasteiger partial charge is 0.0508 e. The molecule has 0 aromatic carbocycles. The number of hydrogen-bond acceptors (Lipinski definition) is 1. The van der Waals surface area contributed by atoms with E-state index in [2.05, 4.69) is 41.1 Å². The van der Waals surface area contributed by atoms with E-state index >= 15 is 0 Å². The fourth-order valence-electron chi connectivity index (χ4n) is 0.544. The van der Waals surface area contributed by atoms with E-state index in [-0.39, 0.29) is 0 Å². The first-order chi connectivity index (χ1) is 3.79. The molecule has 0 nitrogen and oxygen atoms in total. The summed E-state index contributed by atoms with van der Waals surface area (Å²) in [5, 5.41) is 0.634. The highest BCUT2D eigenvalue weighted by molar-refractivity contribution is 9.14. The molecule has 1 aliphatic rings. The van der Waals surface area contributed by atoms with Crippen molar-refractivity contribution in [1.82, 2.24) is 0 Å². The van der Waals surface area contributed by atoms with Gasteiger partial charge in [-0.3, -0.25) is 0 Å². The molecular weight excluding hydrogens is 184 g/mol. The van der Waals surface area contributed by atoms with E-state index in [1.165, 1.54) is 3.81 Å². The van der Waals surface area contributed by atoms with Crippen LogP contribution in [0.15, 0.2) is 22.0 Å². The molecule has 1 unspecified atom stereocenters. The van der Waals surface area contributed by atoms with Gasteiger partial charge in [0.25, 0.3) is 0 Å². The van der Waals surface area contributed by atoms with Crippen LogP contribution in [0.25, 0.3) is 0 Å². The summed E-state index contributed by atoms with van der Waals surface area (Å²) in [5.41, 5.74) is 0. The predicted octanol–water partition coefficient (Wildman–Crippen LogP) is 2.91. The average molecular weight is 191 g/mol. The molecule has 0 saturated heterocycles. The van der Waals surface area contributed by atoms with Crippen LogP contribution in [-0.4, -0.2) is 5.25 Å². The van der Waals surface area contributed by atoms with Gasteiger partial charge in [-0.15, -0.1) is 11.8 Å². The number of hydrogen-bond donors (Lipinski definition) is 0. The van der Waals surface area contributed by atoms with E-state index in [1.807, 2.05) is 11.8 Å². The number of halogens is 1. The lowest BCUT2D eigenvalue weighted by Crippen LogP contribution is -1.90. The lowest BCUT2D eigenvalue weighted by atomic mass is 10.4. The number of allylic oxidation sites excluding steroid dienone is 2. The zero-order valence-corrected chi connectivity index (χ0v) is 7.00. The molecule has 8 heavy (non-hydrogen) atoms. The monoisotopic (exact) mass is 190 g/mol. The van der Waals surface area contributed by atoms with Crippen molar-refractivity contribution in [3.63, 3.8) is 0 Å². The first-order valence-corrected chi connectivity index (χ1v) is 4.17. The van der Waals surface area contributed by atoms with Crippen LogP contribution < -0.4 is 0 Å². The Hall–Kier alpha value is 0.310. The quantitative estimate of drug-likeness (QED) is 0.567. The minimum atomic E-state index is 0.634. The van der Waals surface area contributed by atoms with Crippen LogP contribution in [0.1, 0.15) is 6.92 Å². The summed E-state index contributed by atoms with van der Waals surface area (Å²) in [5.74, 6) is 0. The molecule has 1 atom stereocenters. The Bertz CT molecular complexity index is 137. The molecule has 1 heterocycles. The normalized spacial score (nSPS) is 27.8. The third kappa shape index (κ3) is 1.67. The summed E-state index contributed by atoms with van der Waals surface area (Å²) >= 11 is 5.23. The molecule has 44 valence electrons. The Morgan fingerprint density at radius 1 is 1.75 bits per heavy atom. The van der Waals surface area contributed by atoms with Crippen molar-refractivity contribution in [2.24, 2.45) is 0 Å². The molecule has 2 heteroatoms. The molecule has 0 amide bonds. The zero-order chi connectivity index (χ0) is 5.98. The second-order valence-corrected chi connectivity index (χ2v) is 4.48. The molecule has 0 fully saturated rings. The second kappa shape index (κ2) is 2.74. The van der Waals surface area contributed by atoms with Crippen LogP contribution in [-0.2, 0) is 0 Å². The fourth-order valence-corrected chi connectivity index (χ4v) is 2.26. The first kappa shape index (κ1) is 6.43. The topological polar surface area (TPSA) is 0 Å². The summed E-state index contributed by atoms with van der Waals surface area (Å²) in [7, 11) is 0. The standard InChI is InChI=1S/C6H7BrS/c1-5-3-2-4-6(7)8-5/h2-5H,1H3. The van der Waals surface area contributed by atoms with E-state index in [1.54, 1.807) is 0 Å². The summed E-state index contributed by atoms with van der Waals surface area (Å²) in [4.78, 5) is 0. The zero-order valence-electron chi connectivity index (χ0n) is 4.60. The van der Waals surface area contributed by atoms with Crippen LogP contribution in [0.5, 0.6) is 0 Å². The molecule has 0 aromatic heterocycles. The molecule has 1 aliphatic heterocycles. The van der Waals surface area contributed by atoms with Gasteiger partial charge in [0.15, 0.2) is 0 Å². The van der Waals surface area contributed by atoms with Gasteiger partial charge in [0, 0.05) is 5.25 Å². The Morgan fingerprint density at radius 2 is 2.50 bits per heavy atom. The van der Waals surface area contributed by atoms with E-state index in [9.17, 15) is 0 Å². The third-order valence-electron chi connectivity index (χ3n) is 0.908. The lowest BCUT2D eigenvalue weighted by molar-refractivity contribution is 1.25. The highest BCUT2D eigenvalue weighted by atomic mass is 79.9. The van der Waals surface area contributed by atoms with Gasteiger partial charge in [-0.2, -0.15) is 0 Å². The van der Waals surface area contributed by atoms with Crippen molar-refractivity contribution in [3.8, 4) is 0 Å². The Balaban J connectivity index is 2.59. The lowest BCUT2D eigenvalue weighted by Gasteiger charge is -2.07. The Morgan fingerprint density at radius 3 is 2.88 bits per heavy atom. The minimum absolute atomic E-state index is 0.634. The van der Waals surface area contributed by atoms with Gasteiger partial charge in [0.1, 0.15) is 0 Å². The SMILES string of the molecule is CC1C=CC=C(Br)S1. The third-order valence-corrected chi connectivity index (χ3v) is 2.62. The van der Waals surface area contributed by atoms with E-state index in [0.29, 0.717) is 5.25 Å². The van der Waals surface area contributed by atoms with Crippen LogP contribution in [0.2, 0.25) is 0 Å². The van der Waals surface area contributed by atoms with E-state index in [0.717, 1.165) is 0 Å². The first-order valence-electron chi connectivity index (χ1n) is 2.49. The number of thioether (sulfide) groups is 1. The van der Waals surface area contributed by atoms with Crippen LogP contribution in [0.4, 0.5) is 0 Å². The van der Waals surface area contributed by atoms with Crippen molar-refractivity contribution in [3.05, 3.63) is 22.0 Å². The molecule has 0 radical (unpaired) electrons. The second-order valence-electron chi connectivity index (χ2n) is 1.68. The summed E-state index contributed by atoms with van der Waals surface area (Å²) < 4.78 is 1.23. The van der Waals surface area contributed by atoms with E-state index < -0.39 is 0 Å². The summed E-state index contributed by atoms with van der Waals surface area (Å²) in [6, 6.07) is 0. The van der Waals surface area contributed by atoms with Crippen molar-refractivity contribution < 1.29 is 0 Å². The van der Waals surface area contributed by atoms with Crippen LogP contribution in [0.3, 0.4) is 0 Å². The van der Waals surface area contributed by atoms with Gasteiger partial charge in [0.05, 0.1) is 3.81 Å². The maximum absolute atomic E-state index is 3.40. The van der Waals surface area contributed by atoms with Crippen molar-refractivity contribution >= 4 is 27.7 Å². The highest BCUT2D eigenvalue weighted by Crippen LogP contribution is 2.30. The Labute approximate surface area is 62.2 Å². The van der Waals surface area contributed by atoms with Crippen molar-refractivity contribution in [1.29, 1.82) is 0 Å². The molecule has 0 aromatic rings. The van der Waals surface area contributed by atoms with Gasteiger partial charge < -0.3 is 0 Å². The molecule has 0 saturated carbocycles. The number of rotatable bonds is 0. The van der Waals surface area contributed by atoms with Gasteiger partial charge >= 0.3 is 0 Å². The van der Waals surface area contributed by atoms with Gasteiger partial charge in [0.2, 0.25) is 0 Å². The van der Waals surface area contributed by atoms with Crippen LogP contribution in [0, 0.1) is 0 Å². The van der Waals surface area contributed by atoms with Gasteiger partial charge in [-0.25, -0.2) is 0 Å².